The molecule has 0 radical (unpaired) electrons. The van der Waals surface area contributed by atoms with Gasteiger partial charge in [-0.25, -0.2) is 0 Å². The zero-order chi connectivity index (χ0) is 21.7. The molecule has 0 bridgehead atoms. The summed E-state index contributed by atoms with van der Waals surface area (Å²) in [7, 11) is 3.48. The third kappa shape index (κ3) is 7.86. The van der Waals surface area contributed by atoms with Gasteiger partial charge in [-0.2, -0.15) is 4.98 Å². The Balaban J connectivity index is 1.26. The summed E-state index contributed by atoms with van der Waals surface area (Å²) in [6, 6.07) is 7.67. The molecule has 0 unspecified atom stereocenters. The SMILES string of the molecule is CN=C(NCCCCCc1nc(-c2ccc(OC)cc2)no1)NCCN1CCCCC1. The van der Waals surface area contributed by atoms with Gasteiger partial charge in [0.1, 0.15) is 5.75 Å². The number of likely N-dealkylation sites (tertiary alicyclic amines) is 1. The predicted octanol–water partition coefficient (Wildman–Crippen LogP) is 3.11. The van der Waals surface area contributed by atoms with Crippen molar-refractivity contribution < 1.29 is 9.26 Å². The third-order valence-corrected chi connectivity index (χ3v) is 5.57. The van der Waals surface area contributed by atoms with Gasteiger partial charge < -0.3 is 24.8 Å². The fourth-order valence-corrected chi connectivity index (χ4v) is 3.73. The summed E-state index contributed by atoms with van der Waals surface area (Å²) in [6.45, 7) is 5.39. The van der Waals surface area contributed by atoms with Crippen LogP contribution in [-0.4, -0.2) is 67.9 Å². The van der Waals surface area contributed by atoms with Gasteiger partial charge in [-0.1, -0.05) is 18.0 Å². The van der Waals surface area contributed by atoms with Crippen LogP contribution in [0.2, 0.25) is 0 Å². The van der Waals surface area contributed by atoms with Crippen LogP contribution < -0.4 is 15.4 Å². The molecular weight excluding hydrogens is 392 g/mol. The first kappa shape index (κ1) is 23.1. The number of hydrogen-bond donors (Lipinski definition) is 2. The summed E-state index contributed by atoms with van der Waals surface area (Å²) < 4.78 is 10.6. The Hall–Kier alpha value is -2.61. The van der Waals surface area contributed by atoms with E-state index < -0.39 is 0 Å². The third-order valence-electron chi connectivity index (χ3n) is 5.57. The molecule has 8 nitrogen and oxygen atoms in total. The zero-order valence-electron chi connectivity index (χ0n) is 18.9. The maximum absolute atomic E-state index is 5.39. The van der Waals surface area contributed by atoms with Crippen LogP contribution in [0, 0.1) is 0 Å². The average Bonchev–Trinajstić information content (AvgIpc) is 3.29. The zero-order valence-corrected chi connectivity index (χ0v) is 18.9. The normalized spacial score (nSPS) is 15.1. The molecule has 0 atom stereocenters. The Morgan fingerprint density at radius 3 is 2.58 bits per heavy atom. The van der Waals surface area contributed by atoms with Crippen molar-refractivity contribution in [3.63, 3.8) is 0 Å². The van der Waals surface area contributed by atoms with Crippen molar-refractivity contribution in [3.05, 3.63) is 30.2 Å². The van der Waals surface area contributed by atoms with Crippen LogP contribution in [0.25, 0.3) is 11.4 Å². The number of ether oxygens (including phenoxy) is 1. The largest absolute Gasteiger partial charge is 0.497 e. The highest BCUT2D eigenvalue weighted by Gasteiger charge is 2.10. The van der Waals surface area contributed by atoms with Crippen LogP contribution in [0.1, 0.15) is 44.4 Å². The van der Waals surface area contributed by atoms with Gasteiger partial charge in [-0.3, -0.25) is 4.99 Å². The van der Waals surface area contributed by atoms with Crippen molar-refractivity contribution in [2.45, 2.75) is 44.9 Å². The minimum Gasteiger partial charge on any atom is -0.497 e. The molecule has 2 N–H and O–H groups in total. The number of rotatable bonds is 11. The van der Waals surface area contributed by atoms with Crippen LogP contribution in [0.5, 0.6) is 5.75 Å². The molecule has 1 aromatic heterocycles. The highest BCUT2D eigenvalue weighted by molar-refractivity contribution is 5.79. The van der Waals surface area contributed by atoms with Gasteiger partial charge in [0.15, 0.2) is 5.96 Å². The number of nitrogens with zero attached hydrogens (tertiary/aromatic N) is 4. The molecule has 1 fully saturated rings. The summed E-state index contributed by atoms with van der Waals surface area (Å²) in [5.74, 6) is 3.01. The maximum Gasteiger partial charge on any atom is 0.226 e. The highest BCUT2D eigenvalue weighted by atomic mass is 16.5. The van der Waals surface area contributed by atoms with E-state index in [-0.39, 0.29) is 0 Å². The number of guanidine groups is 1. The quantitative estimate of drug-likeness (QED) is 0.323. The lowest BCUT2D eigenvalue weighted by molar-refractivity contribution is 0.232. The van der Waals surface area contributed by atoms with Crippen molar-refractivity contribution >= 4 is 5.96 Å². The molecule has 0 amide bonds. The molecule has 170 valence electrons. The Morgan fingerprint density at radius 2 is 1.84 bits per heavy atom. The summed E-state index contributed by atoms with van der Waals surface area (Å²) in [5.41, 5.74) is 0.930. The lowest BCUT2D eigenvalue weighted by Crippen LogP contribution is -2.42. The van der Waals surface area contributed by atoms with Gasteiger partial charge in [0.2, 0.25) is 11.7 Å². The molecule has 1 aromatic carbocycles. The summed E-state index contributed by atoms with van der Waals surface area (Å²) in [6.07, 6.45) is 8.03. The monoisotopic (exact) mass is 428 g/mol. The van der Waals surface area contributed by atoms with E-state index in [1.165, 1.54) is 32.4 Å². The van der Waals surface area contributed by atoms with E-state index in [1.807, 2.05) is 31.3 Å². The molecule has 8 heteroatoms. The van der Waals surface area contributed by atoms with E-state index >= 15 is 0 Å². The van der Waals surface area contributed by atoms with Gasteiger partial charge in [-0.15, -0.1) is 0 Å². The Labute approximate surface area is 185 Å². The fourth-order valence-electron chi connectivity index (χ4n) is 3.73. The Morgan fingerprint density at radius 1 is 1.06 bits per heavy atom. The summed E-state index contributed by atoms with van der Waals surface area (Å²) >= 11 is 0. The fraction of sp³-hybridized carbons (Fsp3) is 0.609. The molecule has 0 aliphatic carbocycles. The van der Waals surface area contributed by atoms with Gasteiger partial charge in [0.05, 0.1) is 7.11 Å². The van der Waals surface area contributed by atoms with Crippen LogP contribution in [0.4, 0.5) is 0 Å². The second kappa shape index (κ2) is 12.9. The number of benzene rings is 1. The van der Waals surface area contributed by atoms with Gasteiger partial charge in [0.25, 0.3) is 0 Å². The minimum absolute atomic E-state index is 0.624. The van der Waals surface area contributed by atoms with E-state index in [0.717, 1.165) is 62.6 Å². The number of aromatic nitrogens is 2. The first-order chi connectivity index (χ1) is 15.3. The van der Waals surface area contributed by atoms with Gasteiger partial charge in [0, 0.05) is 38.7 Å². The average molecular weight is 429 g/mol. The van der Waals surface area contributed by atoms with Crippen LogP contribution in [0.15, 0.2) is 33.8 Å². The van der Waals surface area contributed by atoms with Gasteiger partial charge >= 0.3 is 0 Å². The first-order valence-electron chi connectivity index (χ1n) is 11.4. The molecule has 1 aliphatic rings. The second-order valence-corrected chi connectivity index (χ2v) is 7.88. The van der Waals surface area contributed by atoms with E-state index in [9.17, 15) is 0 Å². The van der Waals surface area contributed by atoms with Crippen molar-refractivity contribution in [3.8, 4) is 17.1 Å². The number of hydrogen-bond acceptors (Lipinski definition) is 6. The molecule has 1 saturated heterocycles. The standard InChI is InChI=1S/C23H36N6O2/c1-24-23(26-15-18-29-16-7-4-8-17-29)25-14-6-3-5-9-21-27-22(28-31-21)19-10-12-20(30-2)13-11-19/h10-13H,3-9,14-18H2,1-2H3,(H2,24,25,26). The molecule has 31 heavy (non-hydrogen) atoms. The molecule has 0 spiro atoms. The number of nitrogens with one attached hydrogen (secondary N) is 2. The number of aliphatic imine (C=N–C) groups is 1. The smallest absolute Gasteiger partial charge is 0.226 e. The van der Waals surface area contributed by atoms with Crippen molar-refractivity contribution in [1.82, 2.24) is 25.7 Å². The van der Waals surface area contributed by atoms with Crippen molar-refractivity contribution in [1.29, 1.82) is 0 Å². The van der Waals surface area contributed by atoms with E-state index in [1.54, 1.807) is 7.11 Å². The van der Waals surface area contributed by atoms with Crippen LogP contribution in [-0.2, 0) is 6.42 Å². The Bertz CT molecular complexity index is 784. The Kier molecular flexibility index (Phi) is 9.63. The molecule has 1 aliphatic heterocycles. The number of unbranched alkanes of at least 4 members (excludes halogenated alkanes) is 2. The summed E-state index contributed by atoms with van der Waals surface area (Å²) in [4.78, 5) is 11.3. The highest BCUT2D eigenvalue weighted by Crippen LogP contribution is 2.20. The van der Waals surface area contributed by atoms with E-state index in [4.69, 9.17) is 9.26 Å². The van der Waals surface area contributed by atoms with Crippen LogP contribution in [0.3, 0.4) is 0 Å². The number of piperidine rings is 1. The summed E-state index contributed by atoms with van der Waals surface area (Å²) in [5, 5.41) is 10.9. The van der Waals surface area contributed by atoms with Crippen molar-refractivity contribution in [2.75, 3.05) is 46.9 Å². The molecular formula is C23H36N6O2. The van der Waals surface area contributed by atoms with Crippen LogP contribution >= 0.6 is 0 Å². The van der Waals surface area contributed by atoms with Gasteiger partial charge in [-0.05, 0) is 63.0 Å². The number of aryl methyl sites for hydroxylation is 1. The molecule has 0 saturated carbocycles. The lowest BCUT2D eigenvalue weighted by Gasteiger charge is -2.26. The topological polar surface area (TPSA) is 87.8 Å². The van der Waals surface area contributed by atoms with E-state index in [0.29, 0.717) is 11.7 Å². The maximum atomic E-state index is 5.39. The molecule has 3 rings (SSSR count). The molecule has 2 aromatic rings. The number of methoxy groups -OCH3 is 1. The minimum atomic E-state index is 0.624. The second-order valence-electron chi connectivity index (χ2n) is 7.88. The van der Waals surface area contributed by atoms with E-state index in [2.05, 4.69) is 30.7 Å². The van der Waals surface area contributed by atoms with Crippen molar-refractivity contribution in [2.24, 2.45) is 4.99 Å². The molecule has 2 heterocycles. The first-order valence-corrected chi connectivity index (χ1v) is 11.4. The lowest BCUT2D eigenvalue weighted by atomic mass is 10.1. The predicted molar refractivity (Wildman–Crippen MR) is 123 cm³/mol.